The Morgan fingerprint density at radius 3 is 2.63 bits per heavy atom. The second kappa shape index (κ2) is 8.71. The van der Waals surface area contributed by atoms with E-state index in [4.69, 9.17) is 0 Å². The normalized spacial score (nSPS) is 11.8. The minimum absolute atomic E-state index is 0.139. The van der Waals surface area contributed by atoms with Crippen molar-refractivity contribution >= 4 is 16.3 Å². The van der Waals surface area contributed by atoms with E-state index >= 15 is 0 Å². The van der Waals surface area contributed by atoms with Gasteiger partial charge in [-0.15, -0.1) is 0 Å². The van der Waals surface area contributed by atoms with Crippen molar-refractivity contribution < 1.29 is 4.39 Å². The molecular weight excluding hydrogens is 363 g/mol. The van der Waals surface area contributed by atoms with Crippen LogP contribution in [-0.2, 0) is 19.5 Å². The van der Waals surface area contributed by atoms with E-state index in [0.29, 0.717) is 24.0 Å². The number of benzene rings is 1. The Bertz CT molecular complexity index is 949. The molecule has 0 saturated heterocycles. The van der Waals surface area contributed by atoms with E-state index in [0.717, 1.165) is 35.7 Å². The zero-order valence-electron chi connectivity index (χ0n) is 16.0. The monoisotopic (exact) mass is 388 g/mol. The molecule has 0 atom stereocenters. The van der Waals surface area contributed by atoms with Crippen LogP contribution in [-0.4, -0.2) is 26.0 Å². The molecule has 0 aliphatic carbocycles. The van der Waals surface area contributed by atoms with Crippen molar-refractivity contribution in [2.45, 2.75) is 46.7 Å². The Hall–Kier alpha value is -2.12. The fourth-order valence-electron chi connectivity index (χ4n) is 3.07. The molecule has 0 N–H and O–H groups in total. The molecule has 0 amide bonds. The number of aromatic nitrogens is 3. The summed E-state index contributed by atoms with van der Waals surface area (Å²) in [5, 5.41) is 5.29. The first kappa shape index (κ1) is 19.6. The lowest BCUT2D eigenvalue weighted by atomic mass is 10.1. The van der Waals surface area contributed by atoms with Gasteiger partial charge in [-0.05, 0) is 30.0 Å². The topological polar surface area (TPSA) is 50.5 Å². The highest BCUT2D eigenvalue weighted by atomic mass is 32.1. The maximum Gasteiger partial charge on any atom is 0.275 e. The summed E-state index contributed by atoms with van der Waals surface area (Å²) in [5.74, 6) is 0.234. The third-order valence-electron chi connectivity index (χ3n) is 4.13. The van der Waals surface area contributed by atoms with Crippen molar-refractivity contribution in [3.05, 3.63) is 62.8 Å². The van der Waals surface area contributed by atoms with E-state index in [9.17, 15) is 9.18 Å². The molecule has 0 unspecified atom stereocenters. The lowest BCUT2D eigenvalue weighted by molar-refractivity contribution is 0.225. The molecule has 0 aliphatic heterocycles. The maximum absolute atomic E-state index is 13.2. The highest BCUT2D eigenvalue weighted by Gasteiger charge is 2.14. The number of rotatable bonds is 8. The van der Waals surface area contributed by atoms with E-state index in [-0.39, 0.29) is 11.4 Å². The molecule has 0 fully saturated rings. The van der Waals surface area contributed by atoms with Gasteiger partial charge in [0.25, 0.3) is 5.56 Å². The SMILES string of the molecule is CCCc1nn2c(=O)cc(CN(Cc3ccc(F)cc3)CC(C)C)nc2s1. The summed E-state index contributed by atoms with van der Waals surface area (Å²) in [4.78, 5) is 20.0. The predicted molar refractivity (Wildman–Crippen MR) is 106 cm³/mol. The van der Waals surface area contributed by atoms with Gasteiger partial charge in [-0.3, -0.25) is 9.69 Å². The first-order valence-corrected chi connectivity index (χ1v) is 10.1. The third kappa shape index (κ3) is 5.20. The summed E-state index contributed by atoms with van der Waals surface area (Å²) in [6.45, 7) is 8.52. The van der Waals surface area contributed by atoms with Crippen LogP contribution >= 0.6 is 11.3 Å². The average Bonchev–Trinajstić information content (AvgIpc) is 3.00. The van der Waals surface area contributed by atoms with Gasteiger partial charge < -0.3 is 0 Å². The smallest absolute Gasteiger partial charge is 0.275 e. The minimum Gasteiger partial charge on any atom is -0.293 e. The average molecular weight is 389 g/mol. The van der Waals surface area contributed by atoms with Gasteiger partial charge in [0.15, 0.2) is 0 Å². The largest absolute Gasteiger partial charge is 0.293 e. The Balaban J connectivity index is 1.83. The summed E-state index contributed by atoms with van der Waals surface area (Å²) in [6, 6.07) is 8.13. The van der Waals surface area contributed by atoms with Gasteiger partial charge in [-0.1, -0.05) is 44.2 Å². The highest BCUT2D eigenvalue weighted by molar-refractivity contribution is 7.16. The number of halogens is 1. The zero-order valence-corrected chi connectivity index (χ0v) is 16.8. The molecule has 0 spiro atoms. The zero-order chi connectivity index (χ0) is 19.4. The molecule has 5 nitrogen and oxygen atoms in total. The Kier molecular flexibility index (Phi) is 6.34. The first-order valence-electron chi connectivity index (χ1n) is 9.30. The summed E-state index contributed by atoms with van der Waals surface area (Å²) in [6.07, 6.45) is 1.84. The van der Waals surface area contributed by atoms with Gasteiger partial charge in [-0.25, -0.2) is 9.37 Å². The number of hydrogen-bond acceptors (Lipinski definition) is 5. The van der Waals surface area contributed by atoms with Crippen LogP contribution in [0.15, 0.2) is 35.1 Å². The van der Waals surface area contributed by atoms with Crippen molar-refractivity contribution in [3.63, 3.8) is 0 Å². The van der Waals surface area contributed by atoms with Crippen molar-refractivity contribution in [1.82, 2.24) is 19.5 Å². The van der Waals surface area contributed by atoms with Gasteiger partial charge in [0.1, 0.15) is 10.8 Å². The summed E-state index contributed by atoms with van der Waals surface area (Å²) >= 11 is 1.48. The number of aryl methyl sites for hydroxylation is 1. The summed E-state index contributed by atoms with van der Waals surface area (Å²) in [7, 11) is 0. The standard InChI is InChI=1S/C20H25FN4OS/c1-4-5-18-23-25-19(26)10-17(22-20(25)27-18)13-24(11-14(2)3)12-15-6-8-16(21)9-7-15/h6-10,14H,4-5,11-13H2,1-3H3. The highest BCUT2D eigenvalue weighted by Crippen LogP contribution is 2.15. The van der Waals surface area contributed by atoms with E-state index in [1.807, 2.05) is 0 Å². The van der Waals surface area contributed by atoms with E-state index in [1.54, 1.807) is 18.2 Å². The second-order valence-corrected chi connectivity index (χ2v) is 8.26. The Labute approximate surface area is 162 Å². The van der Waals surface area contributed by atoms with Gasteiger partial charge in [-0.2, -0.15) is 9.61 Å². The van der Waals surface area contributed by atoms with Crippen molar-refractivity contribution in [3.8, 4) is 0 Å². The van der Waals surface area contributed by atoms with Crippen LogP contribution in [0.4, 0.5) is 4.39 Å². The van der Waals surface area contributed by atoms with Crippen LogP contribution in [0, 0.1) is 11.7 Å². The molecule has 2 heterocycles. The predicted octanol–water partition coefficient (Wildman–Crippen LogP) is 3.90. The van der Waals surface area contributed by atoms with E-state index in [1.165, 1.54) is 28.0 Å². The fourth-order valence-corrected chi connectivity index (χ4v) is 4.09. The Morgan fingerprint density at radius 2 is 1.96 bits per heavy atom. The number of hydrogen-bond donors (Lipinski definition) is 0. The van der Waals surface area contributed by atoms with E-state index < -0.39 is 0 Å². The molecule has 3 rings (SSSR count). The van der Waals surface area contributed by atoms with Crippen molar-refractivity contribution in [2.24, 2.45) is 5.92 Å². The molecule has 0 bridgehead atoms. The number of nitrogens with zero attached hydrogens (tertiary/aromatic N) is 4. The molecule has 1 aromatic carbocycles. The molecule has 0 aliphatic rings. The fraction of sp³-hybridized carbons (Fsp3) is 0.450. The van der Waals surface area contributed by atoms with E-state index in [2.05, 4.69) is 35.8 Å². The third-order valence-corrected chi connectivity index (χ3v) is 5.10. The lowest BCUT2D eigenvalue weighted by Crippen LogP contribution is -2.28. The molecule has 7 heteroatoms. The van der Waals surface area contributed by atoms with Crippen LogP contribution in [0.1, 0.15) is 43.5 Å². The van der Waals surface area contributed by atoms with Gasteiger partial charge in [0.2, 0.25) is 4.96 Å². The van der Waals surface area contributed by atoms with Gasteiger partial charge in [0, 0.05) is 32.1 Å². The van der Waals surface area contributed by atoms with Crippen molar-refractivity contribution in [2.75, 3.05) is 6.54 Å². The van der Waals surface area contributed by atoms with Crippen LogP contribution in [0.25, 0.3) is 4.96 Å². The lowest BCUT2D eigenvalue weighted by Gasteiger charge is -2.24. The molecule has 0 saturated carbocycles. The van der Waals surface area contributed by atoms with Crippen LogP contribution < -0.4 is 5.56 Å². The summed E-state index contributed by atoms with van der Waals surface area (Å²) < 4.78 is 14.6. The minimum atomic E-state index is -0.234. The Morgan fingerprint density at radius 1 is 1.22 bits per heavy atom. The molecule has 0 radical (unpaired) electrons. The summed E-state index contributed by atoms with van der Waals surface area (Å²) in [5.41, 5.74) is 1.65. The first-order chi connectivity index (χ1) is 12.9. The second-order valence-electron chi connectivity index (χ2n) is 7.22. The van der Waals surface area contributed by atoms with Gasteiger partial charge >= 0.3 is 0 Å². The van der Waals surface area contributed by atoms with Gasteiger partial charge in [0.05, 0.1) is 5.69 Å². The number of fused-ring (bicyclic) bond motifs is 1. The molecule has 144 valence electrons. The van der Waals surface area contributed by atoms with Crippen LogP contribution in [0.3, 0.4) is 0 Å². The maximum atomic E-state index is 13.2. The molecular formula is C20H25FN4OS. The van der Waals surface area contributed by atoms with Crippen LogP contribution in [0.2, 0.25) is 0 Å². The molecule has 3 aromatic rings. The quantitative estimate of drug-likeness (QED) is 0.587. The van der Waals surface area contributed by atoms with Crippen LogP contribution in [0.5, 0.6) is 0 Å². The molecule has 2 aromatic heterocycles. The molecule has 27 heavy (non-hydrogen) atoms. The van der Waals surface area contributed by atoms with Crippen molar-refractivity contribution in [1.29, 1.82) is 0 Å².